The van der Waals surface area contributed by atoms with Crippen LogP contribution in [-0.2, 0) is 11.3 Å². The van der Waals surface area contributed by atoms with Gasteiger partial charge in [-0.1, -0.05) is 18.2 Å². The number of halogens is 1. The Hall–Kier alpha value is -1.76. The molecule has 2 aromatic rings. The molecule has 1 amide bonds. The third-order valence-corrected chi connectivity index (χ3v) is 5.62. The van der Waals surface area contributed by atoms with Gasteiger partial charge in [0.1, 0.15) is 38.5 Å². The number of rotatable bonds is 5. The van der Waals surface area contributed by atoms with Crippen molar-refractivity contribution in [3.63, 3.8) is 0 Å². The molecule has 0 bridgehead atoms. The first kappa shape index (κ1) is 17.1. The fourth-order valence-corrected chi connectivity index (χ4v) is 3.96. The number of benzene rings is 1. The molecule has 1 saturated heterocycles. The van der Waals surface area contributed by atoms with Crippen molar-refractivity contribution in [2.45, 2.75) is 19.5 Å². The lowest BCUT2D eigenvalue weighted by Gasteiger charge is -2.32. The summed E-state index contributed by atoms with van der Waals surface area (Å²) in [5.74, 6) is -0.505. The maximum atomic E-state index is 13.7. The van der Waals surface area contributed by atoms with E-state index in [1.807, 2.05) is 6.92 Å². The van der Waals surface area contributed by atoms with E-state index < -0.39 is 5.82 Å². The molecule has 1 aromatic heterocycles. The highest BCUT2D eigenvalue weighted by molar-refractivity contribution is 7.09. The van der Waals surface area contributed by atoms with Crippen LogP contribution in [-0.4, -0.2) is 38.1 Å². The number of piperazine rings is 1. The van der Waals surface area contributed by atoms with Gasteiger partial charge in [-0.15, -0.1) is 11.3 Å². The lowest BCUT2D eigenvalue weighted by atomic mass is 10.2. The van der Waals surface area contributed by atoms with Gasteiger partial charge in [-0.2, -0.15) is 0 Å². The van der Waals surface area contributed by atoms with E-state index in [1.165, 1.54) is 15.8 Å². The Morgan fingerprint density at radius 3 is 2.62 bits per heavy atom. The van der Waals surface area contributed by atoms with E-state index in [9.17, 15) is 9.18 Å². The van der Waals surface area contributed by atoms with Gasteiger partial charge in [-0.3, -0.25) is 4.79 Å². The van der Waals surface area contributed by atoms with Gasteiger partial charge in [0.15, 0.2) is 6.04 Å². The van der Waals surface area contributed by atoms with Crippen LogP contribution in [0.1, 0.15) is 11.8 Å². The molecule has 1 aromatic carbocycles. The first-order valence-corrected chi connectivity index (χ1v) is 9.27. The Bertz CT molecular complexity index is 669. The predicted molar refractivity (Wildman–Crippen MR) is 93.9 cm³/mol. The Kier molecular flexibility index (Phi) is 5.60. The summed E-state index contributed by atoms with van der Waals surface area (Å²) < 4.78 is 13.7. The Balaban J connectivity index is 1.50. The molecule has 24 heavy (non-hydrogen) atoms. The summed E-state index contributed by atoms with van der Waals surface area (Å²) in [6.07, 6.45) is 0. The zero-order valence-electron chi connectivity index (χ0n) is 13.8. The normalized spacial score (nSPS) is 22.1. The molecule has 0 aliphatic carbocycles. The number of thiophene rings is 1. The molecule has 3 rings (SSSR count). The molecule has 1 aliphatic heterocycles. The number of para-hydroxylation sites is 1. The van der Waals surface area contributed by atoms with Crippen LogP contribution < -0.4 is 15.1 Å². The van der Waals surface area contributed by atoms with E-state index in [4.69, 9.17) is 0 Å². The fourth-order valence-electron chi connectivity index (χ4n) is 3.18. The number of carbonyl (C=O) groups excluding carboxylic acids is 1. The summed E-state index contributed by atoms with van der Waals surface area (Å²) in [6, 6.07) is 10.4. The minimum Gasteiger partial charge on any atom is -0.321 e. The Labute approximate surface area is 145 Å². The molecule has 4 nitrogen and oxygen atoms in total. The van der Waals surface area contributed by atoms with E-state index in [-0.39, 0.29) is 17.6 Å². The number of carbonyl (C=O) groups is 1. The van der Waals surface area contributed by atoms with Gasteiger partial charge >= 0.3 is 0 Å². The lowest BCUT2D eigenvalue weighted by Crippen LogP contribution is -3.29. The van der Waals surface area contributed by atoms with Crippen LogP contribution in [0, 0.1) is 5.82 Å². The number of nitrogens with one attached hydrogen (secondary N) is 3. The molecule has 1 atom stereocenters. The second-order valence-corrected chi connectivity index (χ2v) is 7.39. The highest BCUT2D eigenvalue weighted by Crippen LogP contribution is 2.12. The first-order chi connectivity index (χ1) is 11.6. The van der Waals surface area contributed by atoms with Crippen LogP contribution in [0.25, 0.3) is 0 Å². The SMILES string of the molecule is C[C@@H](C(=O)Nc1ccccc1F)[NH+]1CC[NH+](Cc2cccs2)CC1. The van der Waals surface area contributed by atoms with Gasteiger partial charge in [-0.25, -0.2) is 4.39 Å². The minimum absolute atomic E-state index is 0.114. The lowest BCUT2D eigenvalue weighted by molar-refractivity contribution is -1.02. The van der Waals surface area contributed by atoms with Gasteiger partial charge in [0.2, 0.25) is 0 Å². The monoisotopic (exact) mass is 349 g/mol. The van der Waals surface area contributed by atoms with Gasteiger partial charge in [0, 0.05) is 0 Å². The first-order valence-electron chi connectivity index (χ1n) is 8.39. The van der Waals surface area contributed by atoms with E-state index in [0.717, 1.165) is 32.7 Å². The fraction of sp³-hybridized carbons (Fsp3) is 0.389. The number of quaternary nitrogens is 2. The quantitative estimate of drug-likeness (QED) is 0.709. The zero-order chi connectivity index (χ0) is 16.9. The van der Waals surface area contributed by atoms with Crippen molar-refractivity contribution in [1.82, 2.24) is 0 Å². The van der Waals surface area contributed by atoms with Crippen molar-refractivity contribution in [2.75, 3.05) is 31.5 Å². The number of anilines is 1. The number of hydrogen-bond donors (Lipinski definition) is 3. The van der Waals surface area contributed by atoms with Crippen LogP contribution in [0.5, 0.6) is 0 Å². The molecule has 1 aliphatic rings. The third-order valence-electron chi connectivity index (χ3n) is 4.74. The molecular weight excluding hydrogens is 325 g/mol. The van der Waals surface area contributed by atoms with Crippen LogP contribution in [0.3, 0.4) is 0 Å². The second kappa shape index (κ2) is 7.88. The van der Waals surface area contributed by atoms with Crippen LogP contribution in [0.2, 0.25) is 0 Å². The maximum absolute atomic E-state index is 13.7. The summed E-state index contributed by atoms with van der Waals surface area (Å²) in [5, 5.41) is 4.83. The molecule has 1 fully saturated rings. The molecule has 0 unspecified atom stereocenters. The maximum Gasteiger partial charge on any atom is 0.282 e. The summed E-state index contributed by atoms with van der Waals surface area (Å²) in [5.41, 5.74) is 0.260. The average molecular weight is 349 g/mol. The summed E-state index contributed by atoms with van der Waals surface area (Å²) in [4.78, 5) is 16.7. The molecule has 2 heterocycles. The van der Waals surface area contributed by atoms with Crippen molar-refractivity contribution in [3.05, 3.63) is 52.5 Å². The van der Waals surface area contributed by atoms with Gasteiger partial charge in [-0.05, 0) is 30.5 Å². The standard InChI is InChI=1S/C18H22FN3OS/c1-14(18(23)20-17-7-3-2-6-16(17)19)22-10-8-21(9-11-22)13-15-5-4-12-24-15/h2-7,12,14H,8-11,13H2,1H3,(H,20,23)/p+2/t14-/m0/s1. The summed E-state index contributed by atoms with van der Waals surface area (Å²) in [6.45, 7) is 7.05. The average Bonchev–Trinajstić information content (AvgIpc) is 3.10. The van der Waals surface area contributed by atoms with Crippen LogP contribution >= 0.6 is 11.3 Å². The molecule has 0 spiro atoms. The van der Waals surface area contributed by atoms with E-state index in [0.29, 0.717) is 0 Å². The second-order valence-electron chi connectivity index (χ2n) is 6.36. The van der Waals surface area contributed by atoms with Crippen molar-refractivity contribution in [1.29, 1.82) is 0 Å². The molecule has 0 saturated carbocycles. The van der Waals surface area contributed by atoms with Crippen molar-refractivity contribution >= 4 is 22.9 Å². The Morgan fingerprint density at radius 1 is 1.21 bits per heavy atom. The summed E-state index contributed by atoms with van der Waals surface area (Å²) in [7, 11) is 0. The van der Waals surface area contributed by atoms with Crippen molar-refractivity contribution in [2.24, 2.45) is 0 Å². The van der Waals surface area contributed by atoms with Gasteiger partial charge in [0.25, 0.3) is 5.91 Å². The topological polar surface area (TPSA) is 38.0 Å². The third kappa shape index (κ3) is 4.20. The number of amides is 1. The van der Waals surface area contributed by atoms with E-state index >= 15 is 0 Å². The molecule has 128 valence electrons. The zero-order valence-corrected chi connectivity index (χ0v) is 14.7. The van der Waals surface area contributed by atoms with Crippen molar-refractivity contribution < 1.29 is 19.0 Å². The smallest absolute Gasteiger partial charge is 0.282 e. The minimum atomic E-state index is -0.390. The van der Waals surface area contributed by atoms with E-state index in [2.05, 4.69) is 22.8 Å². The van der Waals surface area contributed by atoms with Crippen molar-refractivity contribution in [3.8, 4) is 0 Å². The van der Waals surface area contributed by atoms with Crippen LogP contribution in [0.15, 0.2) is 41.8 Å². The Morgan fingerprint density at radius 2 is 1.96 bits per heavy atom. The highest BCUT2D eigenvalue weighted by Gasteiger charge is 2.31. The molecular formula is C18H24FN3OS+2. The predicted octanol–water partition coefficient (Wildman–Crippen LogP) is 0.198. The molecule has 3 N–H and O–H groups in total. The van der Waals surface area contributed by atoms with E-state index in [1.54, 1.807) is 34.4 Å². The molecule has 6 heteroatoms. The highest BCUT2D eigenvalue weighted by atomic mass is 32.1. The van der Waals surface area contributed by atoms with Gasteiger partial charge in [0.05, 0.1) is 10.6 Å². The number of hydrogen-bond acceptors (Lipinski definition) is 2. The summed E-state index contributed by atoms with van der Waals surface area (Å²) >= 11 is 1.80. The largest absolute Gasteiger partial charge is 0.321 e. The van der Waals surface area contributed by atoms with Crippen LogP contribution in [0.4, 0.5) is 10.1 Å². The van der Waals surface area contributed by atoms with Gasteiger partial charge < -0.3 is 15.1 Å². The molecule has 0 radical (unpaired) electrons.